The largest absolute Gasteiger partial charge is 0.465 e. The van der Waals surface area contributed by atoms with Crippen LogP contribution in [0.3, 0.4) is 0 Å². The Balaban J connectivity index is 2.04. The summed E-state index contributed by atoms with van der Waals surface area (Å²) in [7, 11) is 0. The molecule has 6 heteroatoms. The Morgan fingerprint density at radius 2 is 2.19 bits per heavy atom. The molecule has 0 unspecified atom stereocenters. The van der Waals surface area contributed by atoms with Gasteiger partial charge in [0.1, 0.15) is 0 Å². The van der Waals surface area contributed by atoms with Crippen LogP contribution < -0.4 is 5.32 Å². The second-order valence-corrected chi connectivity index (χ2v) is 3.92. The fourth-order valence-electron chi connectivity index (χ4n) is 1.95. The van der Waals surface area contributed by atoms with Crippen molar-refractivity contribution in [2.45, 2.75) is 31.3 Å². The number of aliphatic hydroxyl groups excluding tert-OH is 1. The molecule has 16 heavy (non-hydrogen) atoms. The van der Waals surface area contributed by atoms with Crippen molar-refractivity contribution >= 4 is 11.9 Å². The Labute approximate surface area is 92.4 Å². The van der Waals surface area contributed by atoms with E-state index in [0.717, 1.165) is 18.5 Å². The zero-order valence-corrected chi connectivity index (χ0v) is 8.63. The van der Waals surface area contributed by atoms with Gasteiger partial charge in [0.25, 0.3) is 0 Å². The molecule has 86 valence electrons. The van der Waals surface area contributed by atoms with Gasteiger partial charge in [-0.15, -0.1) is 0 Å². The average Bonchev–Trinajstić information content (AvgIpc) is 2.65. The molecule has 0 spiro atoms. The van der Waals surface area contributed by atoms with Crippen LogP contribution in [-0.2, 0) is 0 Å². The van der Waals surface area contributed by atoms with Gasteiger partial charge in [0.05, 0.1) is 24.2 Å². The molecule has 0 aromatic carbocycles. The van der Waals surface area contributed by atoms with Crippen molar-refractivity contribution in [3.8, 4) is 0 Å². The lowest BCUT2D eigenvalue weighted by Gasteiger charge is -2.08. The highest BCUT2D eigenvalue weighted by Gasteiger charge is 2.25. The molecule has 1 aliphatic carbocycles. The van der Waals surface area contributed by atoms with Gasteiger partial charge in [-0.25, -0.2) is 9.78 Å². The van der Waals surface area contributed by atoms with Gasteiger partial charge in [-0.05, 0) is 19.3 Å². The first-order valence-corrected chi connectivity index (χ1v) is 5.15. The molecule has 1 aromatic heterocycles. The number of amides is 1. The van der Waals surface area contributed by atoms with E-state index in [-0.39, 0.29) is 17.8 Å². The molecule has 0 saturated heterocycles. The highest BCUT2D eigenvalue weighted by atomic mass is 16.4. The third-order valence-corrected chi connectivity index (χ3v) is 2.73. The van der Waals surface area contributed by atoms with Crippen molar-refractivity contribution in [3.63, 3.8) is 0 Å². The van der Waals surface area contributed by atoms with Crippen LogP contribution in [0.25, 0.3) is 0 Å². The van der Waals surface area contributed by atoms with Crippen LogP contribution in [0.1, 0.15) is 30.9 Å². The summed E-state index contributed by atoms with van der Waals surface area (Å²) in [6.07, 6.45) is 3.97. The summed E-state index contributed by atoms with van der Waals surface area (Å²) in [5.74, 6) is 0.455. The van der Waals surface area contributed by atoms with Crippen LogP contribution in [0.4, 0.5) is 10.6 Å². The van der Waals surface area contributed by atoms with E-state index in [1.54, 1.807) is 6.20 Å². The maximum absolute atomic E-state index is 10.3. The van der Waals surface area contributed by atoms with Gasteiger partial charge in [-0.3, -0.25) is 10.3 Å². The zero-order chi connectivity index (χ0) is 11.5. The number of carbonyl (C=O) groups is 1. The van der Waals surface area contributed by atoms with E-state index in [1.165, 1.54) is 6.20 Å². The van der Waals surface area contributed by atoms with E-state index < -0.39 is 6.09 Å². The fraction of sp³-hybridized carbons (Fsp3) is 0.500. The molecule has 3 N–H and O–H groups in total. The third kappa shape index (κ3) is 2.46. The number of aromatic nitrogens is 2. The lowest BCUT2D eigenvalue weighted by atomic mass is 10.0. The van der Waals surface area contributed by atoms with E-state index in [4.69, 9.17) is 5.11 Å². The number of aliphatic hydroxyl groups is 1. The van der Waals surface area contributed by atoms with Crippen LogP contribution in [0.2, 0.25) is 0 Å². The van der Waals surface area contributed by atoms with Crippen LogP contribution >= 0.6 is 0 Å². The van der Waals surface area contributed by atoms with Crippen molar-refractivity contribution in [1.29, 1.82) is 0 Å². The van der Waals surface area contributed by atoms with Crippen LogP contribution in [0.5, 0.6) is 0 Å². The van der Waals surface area contributed by atoms with E-state index >= 15 is 0 Å². The quantitative estimate of drug-likeness (QED) is 0.700. The minimum atomic E-state index is -1.15. The number of carboxylic acid groups (broad SMARTS) is 1. The van der Waals surface area contributed by atoms with Crippen LogP contribution in [-0.4, -0.2) is 32.4 Å². The van der Waals surface area contributed by atoms with Gasteiger partial charge in [-0.2, -0.15) is 0 Å². The van der Waals surface area contributed by atoms with Gasteiger partial charge in [0.15, 0.2) is 5.82 Å². The van der Waals surface area contributed by atoms with Crippen molar-refractivity contribution in [2.75, 3.05) is 5.32 Å². The third-order valence-electron chi connectivity index (χ3n) is 2.73. The van der Waals surface area contributed by atoms with Gasteiger partial charge in [0, 0.05) is 5.92 Å². The molecule has 2 rings (SSSR count). The molecule has 0 radical (unpaired) electrons. The normalized spacial score (nSPS) is 24.3. The number of nitrogens with zero attached hydrogens (tertiary/aromatic N) is 2. The highest BCUT2D eigenvalue weighted by Crippen LogP contribution is 2.32. The molecule has 1 heterocycles. The molecule has 1 fully saturated rings. The lowest BCUT2D eigenvalue weighted by Crippen LogP contribution is -2.10. The summed E-state index contributed by atoms with van der Waals surface area (Å²) < 4.78 is 0. The summed E-state index contributed by atoms with van der Waals surface area (Å²) in [5, 5.41) is 20.0. The van der Waals surface area contributed by atoms with Crippen LogP contribution in [0.15, 0.2) is 12.4 Å². The number of rotatable bonds is 2. The molecule has 0 aliphatic heterocycles. The first-order valence-electron chi connectivity index (χ1n) is 5.15. The predicted molar refractivity (Wildman–Crippen MR) is 56.3 cm³/mol. The molecule has 1 saturated carbocycles. The molecule has 1 amide bonds. The average molecular weight is 223 g/mol. The predicted octanol–water partition coefficient (Wildman–Crippen LogP) is 1.19. The van der Waals surface area contributed by atoms with E-state index in [1.807, 2.05) is 0 Å². The molecule has 0 bridgehead atoms. The van der Waals surface area contributed by atoms with E-state index in [9.17, 15) is 9.90 Å². The number of hydrogen-bond donors (Lipinski definition) is 3. The van der Waals surface area contributed by atoms with Gasteiger partial charge < -0.3 is 10.2 Å². The Kier molecular flexibility index (Phi) is 3.00. The number of nitrogens with one attached hydrogen (secondary N) is 1. The Bertz CT molecular complexity index is 379. The van der Waals surface area contributed by atoms with E-state index in [0.29, 0.717) is 6.42 Å². The van der Waals surface area contributed by atoms with Crippen molar-refractivity contribution in [2.24, 2.45) is 0 Å². The van der Waals surface area contributed by atoms with Crippen molar-refractivity contribution < 1.29 is 15.0 Å². The number of anilines is 1. The molecular weight excluding hydrogens is 210 g/mol. The summed E-state index contributed by atoms with van der Waals surface area (Å²) in [5.41, 5.74) is 0.812. The number of hydrogen-bond acceptors (Lipinski definition) is 4. The Morgan fingerprint density at radius 1 is 1.38 bits per heavy atom. The molecular formula is C10H13N3O3. The minimum absolute atomic E-state index is 0.217. The topological polar surface area (TPSA) is 95.3 Å². The highest BCUT2D eigenvalue weighted by molar-refractivity contribution is 5.81. The van der Waals surface area contributed by atoms with Crippen molar-refractivity contribution in [3.05, 3.63) is 18.1 Å². The Hall–Kier alpha value is -1.69. The maximum atomic E-state index is 10.3. The zero-order valence-electron chi connectivity index (χ0n) is 8.63. The lowest BCUT2D eigenvalue weighted by molar-refractivity contribution is 0.181. The van der Waals surface area contributed by atoms with E-state index in [2.05, 4.69) is 15.3 Å². The summed E-state index contributed by atoms with van der Waals surface area (Å²) in [6.45, 7) is 0. The molecule has 1 aromatic rings. The molecule has 6 nitrogen and oxygen atoms in total. The first-order chi connectivity index (χ1) is 7.65. The second kappa shape index (κ2) is 4.44. The monoisotopic (exact) mass is 223 g/mol. The molecule has 2 atom stereocenters. The summed E-state index contributed by atoms with van der Waals surface area (Å²) in [4.78, 5) is 18.4. The van der Waals surface area contributed by atoms with Gasteiger partial charge in [0.2, 0.25) is 0 Å². The van der Waals surface area contributed by atoms with Crippen LogP contribution in [0, 0.1) is 0 Å². The molecule has 1 aliphatic rings. The Morgan fingerprint density at radius 3 is 2.69 bits per heavy atom. The van der Waals surface area contributed by atoms with Gasteiger partial charge >= 0.3 is 6.09 Å². The SMILES string of the molecule is O=C(O)Nc1cnc([C@@H]2CC[C@@H](O)C2)cn1. The standard InChI is InChI=1S/C10H13N3O3/c14-7-2-1-6(3-7)8-4-12-9(5-11-8)13-10(15)16/h4-7,14H,1-3H2,(H,12,13)(H,15,16)/t6-,7-/m1/s1. The van der Waals surface area contributed by atoms with Crippen molar-refractivity contribution in [1.82, 2.24) is 9.97 Å². The first kappa shape index (κ1) is 10.8. The second-order valence-electron chi connectivity index (χ2n) is 3.92. The fourth-order valence-corrected chi connectivity index (χ4v) is 1.95. The maximum Gasteiger partial charge on any atom is 0.410 e. The summed E-state index contributed by atoms with van der Waals surface area (Å²) in [6, 6.07) is 0. The smallest absolute Gasteiger partial charge is 0.410 e. The minimum Gasteiger partial charge on any atom is -0.465 e. The summed E-state index contributed by atoms with van der Waals surface area (Å²) >= 11 is 0. The van der Waals surface area contributed by atoms with Gasteiger partial charge in [-0.1, -0.05) is 0 Å².